The molecule has 1 unspecified atom stereocenters. The molecule has 4 nitrogen and oxygen atoms in total. The topological polar surface area (TPSA) is 59.3 Å². The lowest BCUT2D eigenvalue weighted by molar-refractivity contribution is 0.0960. The SMILES string of the molecule is CCC(=O)c1cccc(CNCCC(C)C)c1.CCC(=O)c1oc2cc(P)ccc2c1C. The lowest BCUT2D eigenvalue weighted by atomic mass is 10.1. The van der Waals surface area contributed by atoms with Crippen LogP contribution in [0.15, 0.2) is 46.9 Å². The van der Waals surface area contributed by atoms with E-state index in [0.717, 1.165) is 46.4 Å². The summed E-state index contributed by atoms with van der Waals surface area (Å²) in [6.45, 7) is 12.0. The van der Waals surface area contributed by atoms with Crippen molar-refractivity contribution < 1.29 is 14.0 Å². The van der Waals surface area contributed by atoms with Gasteiger partial charge < -0.3 is 9.73 Å². The molecule has 2 aromatic carbocycles. The number of carbonyl (C=O) groups is 2. The van der Waals surface area contributed by atoms with E-state index in [-0.39, 0.29) is 11.6 Å². The summed E-state index contributed by atoms with van der Waals surface area (Å²) in [6, 6.07) is 13.8. The summed E-state index contributed by atoms with van der Waals surface area (Å²) in [7, 11) is 2.62. The van der Waals surface area contributed by atoms with Crippen LogP contribution in [0.4, 0.5) is 0 Å². The Morgan fingerprint density at radius 3 is 2.41 bits per heavy atom. The predicted octanol–water partition coefficient (Wildman–Crippen LogP) is 6.25. The van der Waals surface area contributed by atoms with E-state index in [0.29, 0.717) is 18.6 Å². The quantitative estimate of drug-likeness (QED) is 0.236. The fourth-order valence-electron chi connectivity index (χ4n) is 3.35. The van der Waals surface area contributed by atoms with E-state index in [4.69, 9.17) is 4.42 Å². The van der Waals surface area contributed by atoms with E-state index in [9.17, 15) is 9.59 Å². The molecule has 0 aliphatic carbocycles. The van der Waals surface area contributed by atoms with Crippen molar-refractivity contribution >= 4 is 37.1 Å². The number of fused-ring (bicyclic) bond motifs is 1. The summed E-state index contributed by atoms with van der Waals surface area (Å²) in [6.07, 6.45) is 2.24. The fourth-order valence-corrected chi connectivity index (χ4v) is 3.60. The van der Waals surface area contributed by atoms with Gasteiger partial charge in [-0.2, -0.15) is 0 Å². The summed E-state index contributed by atoms with van der Waals surface area (Å²) in [5, 5.41) is 5.49. The first-order chi connectivity index (χ1) is 15.3. The van der Waals surface area contributed by atoms with Crippen molar-refractivity contribution in [1.29, 1.82) is 0 Å². The molecule has 3 rings (SSSR count). The van der Waals surface area contributed by atoms with Crippen LogP contribution in [0.25, 0.3) is 11.0 Å². The normalized spacial score (nSPS) is 10.8. The third-order valence-corrected chi connectivity index (χ3v) is 5.69. The summed E-state index contributed by atoms with van der Waals surface area (Å²) in [5.74, 6) is 1.52. The Kier molecular flexibility index (Phi) is 10.3. The highest BCUT2D eigenvalue weighted by Crippen LogP contribution is 2.25. The highest BCUT2D eigenvalue weighted by molar-refractivity contribution is 7.27. The van der Waals surface area contributed by atoms with Gasteiger partial charge in [-0.3, -0.25) is 9.59 Å². The second kappa shape index (κ2) is 12.7. The summed E-state index contributed by atoms with van der Waals surface area (Å²) in [4.78, 5) is 23.2. The van der Waals surface area contributed by atoms with E-state index < -0.39 is 0 Å². The van der Waals surface area contributed by atoms with Crippen molar-refractivity contribution in [2.75, 3.05) is 6.54 Å². The molecule has 1 atom stereocenters. The Labute approximate surface area is 194 Å². The minimum absolute atomic E-state index is 0.0639. The van der Waals surface area contributed by atoms with E-state index in [1.807, 2.05) is 57.2 Å². The Hall–Kier alpha value is -2.29. The van der Waals surface area contributed by atoms with Crippen molar-refractivity contribution in [3.63, 3.8) is 0 Å². The zero-order valence-electron chi connectivity index (χ0n) is 20.0. The van der Waals surface area contributed by atoms with Crippen molar-refractivity contribution in [1.82, 2.24) is 5.32 Å². The molecule has 0 radical (unpaired) electrons. The van der Waals surface area contributed by atoms with E-state index in [1.54, 1.807) is 0 Å². The summed E-state index contributed by atoms with van der Waals surface area (Å²) >= 11 is 0. The minimum Gasteiger partial charge on any atom is -0.453 e. The van der Waals surface area contributed by atoms with E-state index in [2.05, 4.69) is 34.5 Å². The number of carbonyl (C=O) groups excluding carboxylic acids is 2. The molecule has 0 bridgehead atoms. The fraction of sp³-hybridized carbons (Fsp3) is 0.407. The molecule has 0 aliphatic rings. The van der Waals surface area contributed by atoms with E-state index >= 15 is 0 Å². The van der Waals surface area contributed by atoms with Crippen LogP contribution in [0.3, 0.4) is 0 Å². The maximum atomic E-state index is 11.6. The number of aryl methyl sites for hydroxylation is 1. The van der Waals surface area contributed by atoms with Gasteiger partial charge >= 0.3 is 0 Å². The maximum absolute atomic E-state index is 11.6. The zero-order valence-corrected chi connectivity index (χ0v) is 21.1. The molecule has 0 spiro atoms. The van der Waals surface area contributed by atoms with Crippen LogP contribution in [0.5, 0.6) is 0 Å². The molecule has 32 heavy (non-hydrogen) atoms. The predicted molar refractivity (Wildman–Crippen MR) is 137 cm³/mol. The van der Waals surface area contributed by atoms with Gasteiger partial charge in [-0.1, -0.05) is 58.0 Å². The van der Waals surface area contributed by atoms with Crippen molar-refractivity contribution in [2.45, 2.75) is 60.4 Å². The molecule has 1 heterocycles. The molecule has 3 aromatic rings. The van der Waals surface area contributed by atoms with Crippen LogP contribution in [0.1, 0.15) is 79.0 Å². The average molecular weight is 454 g/mol. The largest absolute Gasteiger partial charge is 0.453 e. The number of nitrogens with one attached hydrogen (secondary N) is 1. The average Bonchev–Trinajstić information content (AvgIpc) is 3.11. The first-order valence-corrected chi connectivity index (χ1v) is 12.0. The number of hydrogen-bond acceptors (Lipinski definition) is 4. The van der Waals surface area contributed by atoms with Gasteiger partial charge in [-0.15, -0.1) is 9.24 Å². The van der Waals surface area contributed by atoms with Gasteiger partial charge in [0.1, 0.15) is 5.58 Å². The molecule has 0 saturated carbocycles. The Bertz CT molecular complexity index is 1050. The highest BCUT2D eigenvalue weighted by Gasteiger charge is 2.15. The number of hydrogen-bond donors (Lipinski definition) is 1. The van der Waals surface area contributed by atoms with E-state index in [1.165, 1.54) is 12.0 Å². The Morgan fingerprint density at radius 1 is 1.03 bits per heavy atom. The van der Waals surface area contributed by atoms with Crippen molar-refractivity contribution in [2.24, 2.45) is 5.92 Å². The van der Waals surface area contributed by atoms with Crippen LogP contribution in [-0.4, -0.2) is 18.1 Å². The summed E-state index contributed by atoms with van der Waals surface area (Å²) < 4.78 is 5.57. The second-order valence-corrected chi connectivity index (χ2v) is 9.09. The summed E-state index contributed by atoms with van der Waals surface area (Å²) in [5.41, 5.74) is 3.75. The first-order valence-electron chi connectivity index (χ1n) is 11.4. The van der Waals surface area contributed by atoms with Gasteiger partial charge in [0.2, 0.25) is 0 Å². The number of furan rings is 1. The third kappa shape index (κ3) is 7.39. The minimum atomic E-state index is 0.0639. The molecule has 0 saturated heterocycles. The molecule has 172 valence electrons. The molecule has 1 N–H and O–H groups in total. The lowest BCUT2D eigenvalue weighted by Gasteiger charge is -2.08. The smallest absolute Gasteiger partial charge is 0.198 e. The molecule has 0 amide bonds. The molecule has 0 aliphatic heterocycles. The second-order valence-electron chi connectivity index (χ2n) is 8.42. The zero-order chi connectivity index (χ0) is 23.7. The number of rotatable bonds is 9. The Morgan fingerprint density at radius 2 is 1.75 bits per heavy atom. The van der Waals surface area contributed by atoms with Crippen LogP contribution in [0.2, 0.25) is 0 Å². The van der Waals surface area contributed by atoms with Gasteiger partial charge in [-0.05, 0) is 48.8 Å². The van der Waals surface area contributed by atoms with Crippen molar-refractivity contribution in [3.8, 4) is 0 Å². The van der Waals surface area contributed by atoms with Crippen LogP contribution >= 0.6 is 9.24 Å². The van der Waals surface area contributed by atoms with Crippen LogP contribution in [0, 0.1) is 12.8 Å². The number of benzene rings is 2. The highest BCUT2D eigenvalue weighted by atomic mass is 31.0. The first kappa shape index (κ1) is 26.0. The molecule has 5 heteroatoms. The van der Waals surface area contributed by atoms with Crippen LogP contribution in [-0.2, 0) is 6.54 Å². The molecular weight excluding hydrogens is 417 g/mol. The van der Waals surface area contributed by atoms with Crippen LogP contribution < -0.4 is 10.6 Å². The maximum Gasteiger partial charge on any atom is 0.198 e. The lowest BCUT2D eigenvalue weighted by Crippen LogP contribution is -2.16. The number of Topliss-reactive ketones (excluding diaryl/α,β-unsaturated/α-hetero) is 2. The van der Waals surface area contributed by atoms with Gasteiger partial charge in [-0.25, -0.2) is 0 Å². The van der Waals surface area contributed by atoms with Gasteiger partial charge in [0.05, 0.1) is 0 Å². The van der Waals surface area contributed by atoms with Crippen molar-refractivity contribution in [3.05, 3.63) is 64.9 Å². The molecule has 0 fully saturated rings. The standard InChI is InChI=1S/C15H23NO.C12H13O2P/c1-4-15(17)14-7-5-6-13(10-14)11-16-9-8-12(2)3;1-3-10(13)12-7(2)9-5-4-8(15)6-11(9)14-12/h5-7,10,12,16H,4,8-9,11H2,1-3H3;4-6H,3,15H2,1-2H3. The molecule has 1 aromatic heterocycles. The third-order valence-electron chi connectivity index (χ3n) is 5.33. The molecular formula is C27H36NO3P. The number of ketones is 2. The van der Waals surface area contributed by atoms with Gasteiger partial charge in [0, 0.05) is 35.9 Å². The van der Waals surface area contributed by atoms with Gasteiger partial charge in [0.15, 0.2) is 17.3 Å². The Balaban J connectivity index is 0.000000228. The monoisotopic (exact) mass is 453 g/mol. The van der Waals surface area contributed by atoms with Gasteiger partial charge in [0.25, 0.3) is 0 Å².